The minimum Gasteiger partial charge on any atom is -0.324 e. The first-order valence-corrected chi connectivity index (χ1v) is 6.03. The largest absolute Gasteiger partial charge is 0.416 e. The van der Waals surface area contributed by atoms with Crippen LogP contribution in [0.15, 0.2) is 48.5 Å². The van der Waals surface area contributed by atoms with Crippen molar-refractivity contribution < 1.29 is 17.6 Å². The summed E-state index contributed by atoms with van der Waals surface area (Å²) in [7, 11) is 0. The Morgan fingerprint density at radius 2 is 1.70 bits per heavy atom. The van der Waals surface area contributed by atoms with Gasteiger partial charge >= 0.3 is 6.18 Å². The van der Waals surface area contributed by atoms with Crippen LogP contribution in [0.4, 0.5) is 17.6 Å². The SMILES string of the molecule is N[C@@H](Cc1cccc(F)c1)c1cccc(C(F)(F)F)c1. The van der Waals surface area contributed by atoms with E-state index in [1.165, 1.54) is 18.2 Å². The number of rotatable bonds is 3. The maximum absolute atomic E-state index is 13.1. The van der Waals surface area contributed by atoms with Crippen LogP contribution in [0.25, 0.3) is 0 Å². The van der Waals surface area contributed by atoms with Crippen LogP contribution in [0.2, 0.25) is 0 Å². The highest BCUT2D eigenvalue weighted by Crippen LogP contribution is 2.30. The molecule has 20 heavy (non-hydrogen) atoms. The predicted octanol–water partition coefficient (Wildman–Crippen LogP) is 4.09. The number of benzene rings is 2. The van der Waals surface area contributed by atoms with E-state index in [0.717, 1.165) is 12.1 Å². The first kappa shape index (κ1) is 14.5. The second-order valence-corrected chi connectivity index (χ2v) is 4.56. The van der Waals surface area contributed by atoms with Gasteiger partial charge in [-0.15, -0.1) is 0 Å². The Bertz CT molecular complexity index is 592. The summed E-state index contributed by atoms with van der Waals surface area (Å²) in [5, 5.41) is 0. The van der Waals surface area contributed by atoms with Gasteiger partial charge in [-0.25, -0.2) is 4.39 Å². The zero-order valence-electron chi connectivity index (χ0n) is 10.5. The van der Waals surface area contributed by atoms with Crippen molar-refractivity contribution in [2.75, 3.05) is 0 Å². The van der Waals surface area contributed by atoms with E-state index in [1.54, 1.807) is 18.2 Å². The Kier molecular flexibility index (Phi) is 4.09. The maximum Gasteiger partial charge on any atom is 0.416 e. The van der Waals surface area contributed by atoms with E-state index < -0.39 is 23.6 Å². The van der Waals surface area contributed by atoms with Crippen molar-refractivity contribution >= 4 is 0 Å². The van der Waals surface area contributed by atoms with Crippen LogP contribution in [-0.2, 0) is 12.6 Å². The zero-order valence-corrected chi connectivity index (χ0v) is 10.5. The molecule has 1 nitrogen and oxygen atoms in total. The third-order valence-electron chi connectivity index (χ3n) is 2.99. The fraction of sp³-hybridized carbons (Fsp3) is 0.200. The van der Waals surface area contributed by atoms with Crippen LogP contribution in [-0.4, -0.2) is 0 Å². The van der Waals surface area contributed by atoms with Crippen molar-refractivity contribution in [1.29, 1.82) is 0 Å². The van der Waals surface area contributed by atoms with Crippen LogP contribution in [0.1, 0.15) is 22.7 Å². The first-order valence-electron chi connectivity index (χ1n) is 6.03. The van der Waals surface area contributed by atoms with Gasteiger partial charge in [-0.05, 0) is 41.8 Å². The lowest BCUT2D eigenvalue weighted by Crippen LogP contribution is -2.15. The fourth-order valence-corrected chi connectivity index (χ4v) is 1.98. The minimum absolute atomic E-state index is 0.277. The molecule has 2 aromatic rings. The number of hydrogen-bond acceptors (Lipinski definition) is 1. The average molecular weight is 283 g/mol. The normalized spacial score (nSPS) is 13.2. The van der Waals surface area contributed by atoms with Gasteiger partial charge in [0.05, 0.1) is 5.56 Å². The van der Waals surface area contributed by atoms with Gasteiger partial charge in [0.25, 0.3) is 0 Å². The third kappa shape index (κ3) is 3.57. The van der Waals surface area contributed by atoms with Crippen LogP contribution in [0.5, 0.6) is 0 Å². The molecule has 1 atom stereocenters. The first-order chi connectivity index (χ1) is 9.36. The summed E-state index contributed by atoms with van der Waals surface area (Å²) >= 11 is 0. The molecule has 2 aromatic carbocycles. The van der Waals surface area contributed by atoms with Gasteiger partial charge in [0.15, 0.2) is 0 Å². The molecule has 2 N–H and O–H groups in total. The van der Waals surface area contributed by atoms with E-state index in [-0.39, 0.29) is 6.42 Å². The van der Waals surface area contributed by atoms with Gasteiger partial charge in [-0.3, -0.25) is 0 Å². The molecule has 0 saturated carbocycles. The lowest BCUT2D eigenvalue weighted by molar-refractivity contribution is -0.137. The molecule has 0 amide bonds. The molecule has 2 rings (SSSR count). The van der Waals surface area contributed by atoms with E-state index >= 15 is 0 Å². The quantitative estimate of drug-likeness (QED) is 0.844. The summed E-state index contributed by atoms with van der Waals surface area (Å²) in [4.78, 5) is 0. The van der Waals surface area contributed by atoms with Crippen molar-refractivity contribution in [2.45, 2.75) is 18.6 Å². The molecule has 0 aliphatic rings. The van der Waals surface area contributed by atoms with Crippen LogP contribution in [0, 0.1) is 5.82 Å². The van der Waals surface area contributed by atoms with Gasteiger partial charge in [0, 0.05) is 6.04 Å². The predicted molar refractivity (Wildman–Crippen MR) is 68.5 cm³/mol. The van der Waals surface area contributed by atoms with Crippen molar-refractivity contribution in [3.63, 3.8) is 0 Å². The number of alkyl halides is 3. The minimum atomic E-state index is -4.39. The number of hydrogen-bond donors (Lipinski definition) is 1. The highest BCUT2D eigenvalue weighted by molar-refractivity contribution is 5.29. The van der Waals surface area contributed by atoms with E-state index in [9.17, 15) is 17.6 Å². The molecule has 106 valence electrons. The Labute approximate surface area is 114 Å². The Hall–Kier alpha value is -1.88. The summed E-state index contributed by atoms with van der Waals surface area (Å²) in [5.74, 6) is -0.390. The molecule has 5 heteroatoms. The Balaban J connectivity index is 2.19. The maximum atomic E-state index is 13.1. The van der Waals surface area contributed by atoms with Crippen molar-refractivity contribution in [3.8, 4) is 0 Å². The third-order valence-corrected chi connectivity index (χ3v) is 2.99. The van der Waals surface area contributed by atoms with Gasteiger partial charge in [0.2, 0.25) is 0 Å². The topological polar surface area (TPSA) is 26.0 Å². The molecular weight excluding hydrogens is 270 g/mol. The molecule has 0 aliphatic carbocycles. The van der Waals surface area contributed by atoms with Crippen LogP contribution < -0.4 is 5.73 Å². The van der Waals surface area contributed by atoms with Crippen LogP contribution >= 0.6 is 0 Å². The molecule has 0 fully saturated rings. The second kappa shape index (κ2) is 5.63. The van der Waals surface area contributed by atoms with E-state index in [2.05, 4.69) is 0 Å². The second-order valence-electron chi connectivity index (χ2n) is 4.56. The van der Waals surface area contributed by atoms with Crippen LogP contribution in [0.3, 0.4) is 0 Å². The van der Waals surface area contributed by atoms with E-state index in [0.29, 0.717) is 11.1 Å². The van der Waals surface area contributed by atoms with Gasteiger partial charge < -0.3 is 5.73 Å². The molecule has 0 spiro atoms. The summed E-state index contributed by atoms with van der Waals surface area (Å²) < 4.78 is 50.9. The molecular formula is C15H13F4N. The molecule has 0 radical (unpaired) electrons. The van der Waals surface area contributed by atoms with E-state index in [1.807, 2.05) is 0 Å². The lowest BCUT2D eigenvalue weighted by atomic mass is 9.98. The number of halogens is 4. The standard InChI is InChI=1S/C15H13F4N/c16-13-6-1-3-10(7-13)8-14(20)11-4-2-5-12(9-11)15(17,18)19/h1-7,9,14H,8,20H2/t14-/m0/s1. The monoisotopic (exact) mass is 283 g/mol. The highest BCUT2D eigenvalue weighted by Gasteiger charge is 2.30. The highest BCUT2D eigenvalue weighted by atomic mass is 19.4. The smallest absolute Gasteiger partial charge is 0.324 e. The molecule has 0 saturated heterocycles. The van der Waals surface area contributed by atoms with Crippen molar-refractivity contribution in [2.24, 2.45) is 5.73 Å². The molecule has 0 unspecified atom stereocenters. The van der Waals surface area contributed by atoms with Gasteiger partial charge in [-0.2, -0.15) is 13.2 Å². The summed E-state index contributed by atoms with van der Waals surface area (Å²) in [6, 6.07) is 10.1. The zero-order chi connectivity index (χ0) is 14.8. The van der Waals surface area contributed by atoms with Crippen molar-refractivity contribution in [1.82, 2.24) is 0 Å². The summed E-state index contributed by atoms with van der Waals surface area (Å²) in [6.45, 7) is 0. The molecule has 0 heterocycles. The van der Waals surface area contributed by atoms with Crippen molar-refractivity contribution in [3.05, 3.63) is 71.0 Å². The van der Waals surface area contributed by atoms with Gasteiger partial charge in [0.1, 0.15) is 5.82 Å². The molecule has 0 bridgehead atoms. The average Bonchev–Trinajstić information content (AvgIpc) is 2.38. The van der Waals surface area contributed by atoms with E-state index in [4.69, 9.17) is 5.73 Å². The Morgan fingerprint density at radius 3 is 2.35 bits per heavy atom. The summed E-state index contributed by atoms with van der Waals surface area (Å²) in [5.41, 5.74) is 6.19. The molecule has 0 aliphatic heterocycles. The van der Waals surface area contributed by atoms with Gasteiger partial charge in [-0.1, -0.05) is 24.3 Å². The lowest BCUT2D eigenvalue weighted by Gasteiger charge is -2.14. The number of nitrogens with two attached hydrogens (primary N) is 1. The fourth-order valence-electron chi connectivity index (χ4n) is 1.98. The molecule has 0 aromatic heterocycles. The Morgan fingerprint density at radius 1 is 1.00 bits per heavy atom. The summed E-state index contributed by atoms with van der Waals surface area (Å²) in [6.07, 6.45) is -4.12.